The number of hydrogen-bond donors (Lipinski definition) is 2. The Kier molecular flexibility index (Phi) is 6.53. The molecule has 1 aromatic rings. The van der Waals surface area contributed by atoms with Crippen LogP contribution in [0, 0.1) is 0 Å². The van der Waals surface area contributed by atoms with Gasteiger partial charge in [0.1, 0.15) is 0 Å². The standard InChI is InChI=1S/C16H25N3O3S/c1-3-15-18-12(10-23-15)9-19(13-4-5-13)11(2)8-14(20)17-7-6-16(21)22/h10-11,13H,3-9H2,1-2H3,(H,17,20)(H,21,22)/t11-/m0/s1. The highest BCUT2D eigenvalue weighted by atomic mass is 32.1. The highest BCUT2D eigenvalue weighted by Crippen LogP contribution is 2.31. The first-order valence-electron chi connectivity index (χ1n) is 8.17. The number of amides is 1. The largest absolute Gasteiger partial charge is 0.481 e. The van der Waals surface area contributed by atoms with E-state index in [9.17, 15) is 9.59 Å². The smallest absolute Gasteiger partial charge is 0.305 e. The van der Waals surface area contributed by atoms with Crippen LogP contribution in [0.15, 0.2) is 5.38 Å². The van der Waals surface area contributed by atoms with E-state index in [0.717, 1.165) is 23.7 Å². The van der Waals surface area contributed by atoms with Crippen molar-refractivity contribution in [2.45, 2.75) is 64.6 Å². The van der Waals surface area contributed by atoms with E-state index in [-0.39, 0.29) is 24.9 Å². The Bertz CT molecular complexity index is 542. The molecule has 6 nitrogen and oxygen atoms in total. The van der Waals surface area contributed by atoms with E-state index in [0.29, 0.717) is 12.5 Å². The van der Waals surface area contributed by atoms with Crippen molar-refractivity contribution in [2.75, 3.05) is 6.54 Å². The van der Waals surface area contributed by atoms with Crippen molar-refractivity contribution in [1.29, 1.82) is 0 Å². The summed E-state index contributed by atoms with van der Waals surface area (Å²) in [5.41, 5.74) is 1.08. The molecule has 1 atom stereocenters. The van der Waals surface area contributed by atoms with Gasteiger partial charge in [-0.2, -0.15) is 0 Å². The van der Waals surface area contributed by atoms with Crippen molar-refractivity contribution >= 4 is 23.2 Å². The third-order valence-corrected chi connectivity index (χ3v) is 5.01. The molecule has 1 aliphatic rings. The molecule has 1 aromatic heterocycles. The van der Waals surface area contributed by atoms with Crippen LogP contribution >= 0.6 is 11.3 Å². The summed E-state index contributed by atoms with van der Waals surface area (Å²) in [6, 6.07) is 0.669. The first-order chi connectivity index (χ1) is 11.0. The van der Waals surface area contributed by atoms with Gasteiger partial charge >= 0.3 is 5.97 Å². The molecule has 0 bridgehead atoms. The summed E-state index contributed by atoms with van der Waals surface area (Å²) in [4.78, 5) is 29.4. The molecule has 1 saturated carbocycles. The number of aliphatic carboxylic acids is 1. The van der Waals surface area contributed by atoms with Crippen molar-refractivity contribution in [3.05, 3.63) is 16.1 Å². The number of nitrogens with zero attached hydrogens (tertiary/aromatic N) is 2. The number of carboxylic acid groups (broad SMARTS) is 1. The minimum atomic E-state index is -0.895. The molecule has 0 saturated heterocycles. The van der Waals surface area contributed by atoms with Gasteiger partial charge in [0.25, 0.3) is 0 Å². The molecule has 7 heteroatoms. The summed E-state index contributed by atoms with van der Waals surface area (Å²) in [7, 11) is 0. The maximum Gasteiger partial charge on any atom is 0.305 e. The number of hydrogen-bond acceptors (Lipinski definition) is 5. The van der Waals surface area contributed by atoms with Crippen LogP contribution in [0.3, 0.4) is 0 Å². The molecule has 1 amide bonds. The number of carbonyl (C=O) groups is 2. The summed E-state index contributed by atoms with van der Waals surface area (Å²) < 4.78 is 0. The molecule has 0 aliphatic heterocycles. The lowest BCUT2D eigenvalue weighted by atomic mass is 10.1. The van der Waals surface area contributed by atoms with E-state index in [1.54, 1.807) is 11.3 Å². The zero-order valence-electron chi connectivity index (χ0n) is 13.7. The summed E-state index contributed by atoms with van der Waals surface area (Å²) in [5, 5.41) is 14.5. The molecule has 1 heterocycles. The first-order valence-corrected chi connectivity index (χ1v) is 9.05. The van der Waals surface area contributed by atoms with Gasteiger partial charge in [0, 0.05) is 37.0 Å². The van der Waals surface area contributed by atoms with Gasteiger partial charge in [-0.1, -0.05) is 6.92 Å². The first kappa shape index (κ1) is 17.9. The van der Waals surface area contributed by atoms with Crippen molar-refractivity contribution in [2.24, 2.45) is 0 Å². The highest BCUT2D eigenvalue weighted by Gasteiger charge is 2.33. The van der Waals surface area contributed by atoms with Crippen LogP contribution in [0.25, 0.3) is 0 Å². The Balaban J connectivity index is 1.84. The van der Waals surface area contributed by atoms with Crippen molar-refractivity contribution < 1.29 is 14.7 Å². The van der Waals surface area contributed by atoms with Crippen LogP contribution in [0.1, 0.15) is 50.2 Å². The summed E-state index contributed by atoms with van der Waals surface area (Å²) in [6.07, 6.45) is 3.66. The quantitative estimate of drug-likeness (QED) is 0.682. The van der Waals surface area contributed by atoms with Gasteiger partial charge in [-0.25, -0.2) is 4.98 Å². The normalized spacial score (nSPS) is 15.6. The number of thiazole rings is 1. The molecule has 23 heavy (non-hydrogen) atoms. The van der Waals surface area contributed by atoms with E-state index < -0.39 is 5.97 Å². The molecule has 1 aliphatic carbocycles. The lowest BCUT2D eigenvalue weighted by molar-refractivity contribution is -0.136. The lowest BCUT2D eigenvalue weighted by Gasteiger charge is -2.28. The Morgan fingerprint density at radius 2 is 2.26 bits per heavy atom. The molecular formula is C16H25N3O3S. The Labute approximate surface area is 140 Å². The Hall–Kier alpha value is -1.47. The van der Waals surface area contributed by atoms with E-state index in [1.807, 2.05) is 0 Å². The molecule has 2 N–H and O–H groups in total. The Morgan fingerprint density at radius 1 is 1.52 bits per heavy atom. The third kappa shape index (κ3) is 5.91. The highest BCUT2D eigenvalue weighted by molar-refractivity contribution is 7.09. The Morgan fingerprint density at radius 3 is 2.83 bits per heavy atom. The summed E-state index contributed by atoms with van der Waals surface area (Å²) in [6.45, 7) is 5.13. The minimum Gasteiger partial charge on any atom is -0.481 e. The third-order valence-electron chi connectivity index (χ3n) is 3.97. The van der Waals surface area contributed by atoms with Crippen molar-refractivity contribution in [3.63, 3.8) is 0 Å². The second-order valence-corrected chi connectivity index (χ2v) is 6.98. The molecule has 2 rings (SSSR count). The summed E-state index contributed by atoms with van der Waals surface area (Å²) >= 11 is 1.69. The van der Waals surface area contributed by atoms with Gasteiger partial charge in [-0.15, -0.1) is 11.3 Å². The number of carboxylic acids is 1. The van der Waals surface area contributed by atoms with E-state index in [2.05, 4.69) is 34.4 Å². The average molecular weight is 339 g/mol. The number of carbonyl (C=O) groups excluding carboxylic acids is 1. The molecule has 1 fully saturated rings. The van der Waals surface area contributed by atoms with Crippen LogP contribution in [-0.4, -0.2) is 45.5 Å². The monoisotopic (exact) mass is 339 g/mol. The van der Waals surface area contributed by atoms with Gasteiger partial charge in [-0.3, -0.25) is 14.5 Å². The number of nitrogens with one attached hydrogen (secondary N) is 1. The van der Waals surface area contributed by atoms with Crippen LogP contribution in [0.2, 0.25) is 0 Å². The van der Waals surface area contributed by atoms with Crippen molar-refractivity contribution in [3.8, 4) is 0 Å². The van der Waals surface area contributed by atoms with E-state index in [4.69, 9.17) is 5.11 Å². The van der Waals surface area contributed by atoms with Crippen LogP contribution in [0.5, 0.6) is 0 Å². The maximum atomic E-state index is 11.9. The van der Waals surface area contributed by atoms with E-state index >= 15 is 0 Å². The fourth-order valence-corrected chi connectivity index (χ4v) is 3.32. The topological polar surface area (TPSA) is 82.5 Å². The van der Waals surface area contributed by atoms with Gasteiger partial charge < -0.3 is 10.4 Å². The number of aromatic nitrogens is 1. The van der Waals surface area contributed by atoms with Gasteiger partial charge in [-0.05, 0) is 26.2 Å². The average Bonchev–Trinajstić information content (AvgIpc) is 3.22. The fraction of sp³-hybridized carbons (Fsp3) is 0.688. The molecule has 0 radical (unpaired) electrons. The van der Waals surface area contributed by atoms with Crippen LogP contribution < -0.4 is 5.32 Å². The molecule has 0 unspecified atom stereocenters. The molecular weight excluding hydrogens is 314 g/mol. The predicted octanol–water partition coefficient (Wildman–Crippen LogP) is 2.04. The van der Waals surface area contributed by atoms with Gasteiger partial charge in [0.05, 0.1) is 17.1 Å². The van der Waals surface area contributed by atoms with Gasteiger partial charge in [0.15, 0.2) is 0 Å². The zero-order valence-corrected chi connectivity index (χ0v) is 14.6. The van der Waals surface area contributed by atoms with Crippen molar-refractivity contribution in [1.82, 2.24) is 15.2 Å². The lowest BCUT2D eigenvalue weighted by Crippen LogP contribution is -2.39. The number of rotatable bonds is 10. The fourth-order valence-electron chi connectivity index (χ4n) is 2.59. The van der Waals surface area contributed by atoms with Gasteiger partial charge in [0.2, 0.25) is 5.91 Å². The predicted molar refractivity (Wildman–Crippen MR) is 89.4 cm³/mol. The van der Waals surface area contributed by atoms with E-state index in [1.165, 1.54) is 12.8 Å². The zero-order chi connectivity index (χ0) is 16.8. The molecule has 0 spiro atoms. The maximum absolute atomic E-state index is 11.9. The second kappa shape index (κ2) is 8.40. The van der Waals surface area contributed by atoms with Crippen LogP contribution in [-0.2, 0) is 22.6 Å². The summed E-state index contributed by atoms with van der Waals surface area (Å²) in [5.74, 6) is -0.981. The molecule has 128 valence electrons. The second-order valence-electron chi connectivity index (χ2n) is 6.04. The van der Waals surface area contributed by atoms with Crippen LogP contribution in [0.4, 0.5) is 0 Å². The SMILES string of the molecule is CCc1nc(CN(C2CC2)[C@@H](C)CC(=O)NCCC(=O)O)cs1. The number of aryl methyl sites for hydroxylation is 1. The minimum absolute atomic E-state index is 0.0366. The molecule has 0 aromatic carbocycles.